The zero-order chi connectivity index (χ0) is 16.4. The molecule has 0 amide bonds. The SMILES string of the molecule is CCCSc1nc2c(c(=O)n1-c1ccc(OC)cc1)SC(C)C2. The third-order valence-corrected chi connectivity index (χ3v) is 6.01. The molecule has 2 aromatic rings. The molecule has 1 aliphatic rings. The highest BCUT2D eigenvalue weighted by atomic mass is 32.2. The number of ether oxygens (including phenoxy) is 1. The standard InChI is InChI=1S/C17H20N2O2S2/c1-4-9-22-17-18-14-10-11(2)23-15(14)16(20)19(17)12-5-7-13(21-3)8-6-12/h5-8,11H,4,9-10H2,1-3H3. The first kappa shape index (κ1) is 16.5. The van der Waals surface area contributed by atoms with Gasteiger partial charge in [0.05, 0.1) is 23.4 Å². The second-order valence-corrected chi connectivity index (χ2v) is 8.00. The van der Waals surface area contributed by atoms with Crippen LogP contribution in [0.1, 0.15) is 26.0 Å². The molecule has 0 bridgehead atoms. The van der Waals surface area contributed by atoms with E-state index in [4.69, 9.17) is 9.72 Å². The molecule has 23 heavy (non-hydrogen) atoms. The van der Waals surface area contributed by atoms with Gasteiger partial charge in [0, 0.05) is 17.4 Å². The molecular weight excluding hydrogens is 328 g/mol. The maximum absolute atomic E-state index is 13.0. The lowest BCUT2D eigenvalue weighted by Gasteiger charge is -2.13. The zero-order valence-corrected chi connectivity index (χ0v) is 15.2. The first-order valence-electron chi connectivity index (χ1n) is 7.73. The Bertz CT molecular complexity index is 756. The molecule has 6 heteroatoms. The van der Waals surface area contributed by atoms with E-state index in [-0.39, 0.29) is 5.56 Å². The molecule has 0 fully saturated rings. The summed E-state index contributed by atoms with van der Waals surface area (Å²) in [7, 11) is 1.64. The molecule has 2 heterocycles. The number of nitrogens with zero attached hydrogens (tertiary/aromatic N) is 2. The molecule has 0 N–H and O–H groups in total. The summed E-state index contributed by atoms with van der Waals surface area (Å²) in [4.78, 5) is 18.6. The molecule has 1 atom stereocenters. The Morgan fingerprint density at radius 1 is 1.39 bits per heavy atom. The van der Waals surface area contributed by atoms with E-state index in [1.807, 2.05) is 24.3 Å². The number of hydrogen-bond acceptors (Lipinski definition) is 5. The fourth-order valence-corrected chi connectivity index (χ4v) is 4.53. The molecular formula is C17H20N2O2S2. The normalized spacial score (nSPS) is 16.4. The minimum atomic E-state index is 0.0492. The van der Waals surface area contributed by atoms with Gasteiger partial charge >= 0.3 is 0 Å². The van der Waals surface area contributed by atoms with E-state index < -0.39 is 0 Å². The second kappa shape index (κ2) is 7.01. The van der Waals surface area contributed by atoms with E-state index in [9.17, 15) is 4.79 Å². The summed E-state index contributed by atoms with van der Waals surface area (Å²) in [6.07, 6.45) is 1.92. The van der Waals surface area contributed by atoms with Crippen LogP contribution in [-0.2, 0) is 6.42 Å². The summed E-state index contributed by atoms with van der Waals surface area (Å²) in [5.74, 6) is 1.73. The summed E-state index contributed by atoms with van der Waals surface area (Å²) in [5, 5.41) is 1.21. The number of methoxy groups -OCH3 is 1. The van der Waals surface area contributed by atoms with Crippen molar-refractivity contribution in [2.24, 2.45) is 0 Å². The number of rotatable bonds is 5. The van der Waals surface area contributed by atoms with Crippen LogP contribution in [0, 0.1) is 0 Å². The van der Waals surface area contributed by atoms with Crippen LogP contribution in [0.4, 0.5) is 0 Å². The highest BCUT2D eigenvalue weighted by Gasteiger charge is 2.26. The van der Waals surface area contributed by atoms with Crippen molar-refractivity contribution in [3.8, 4) is 11.4 Å². The topological polar surface area (TPSA) is 44.1 Å². The Morgan fingerprint density at radius 3 is 2.78 bits per heavy atom. The minimum absolute atomic E-state index is 0.0492. The summed E-state index contributed by atoms with van der Waals surface area (Å²) >= 11 is 3.28. The summed E-state index contributed by atoms with van der Waals surface area (Å²) in [5.41, 5.74) is 1.84. The van der Waals surface area contributed by atoms with E-state index in [0.717, 1.165) is 45.8 Å². The van der Waals surface area contributed by atoms with Gasteiger partial charge in [0.25, 0.3) is 5.56 Å². The van der Waals surface area contributed by atoms with Gasteiger partial charge < -0.3 is 4.74 Å². The van der Waals surface area contributed by atoms with E-state index in [1.165, 1.54) is 0 Å². The number of fused-ring (bicyclic) bond motifs is 1. The van der Waals surface area contributed by atoms with Gasteiger partial charge in [-0.05, 0) is 30.7 Å². The molecule has 1 aromatic carbocycles. The fourth-order valence-electron chi connectivity index (χ4n) is 2.55. The average Bonchev–Trinajstić information content (AvgIpc) is 2.94. The fraction of sp³-hybridized carbons (Fsp3) is 0.412. The largest absolute Gasteiger partial charge is 0.497 e. The van der Waals surface area contributed by atoms with E-state index in [0.29, 0.717) is 5.25 Å². The second-order valence-electron chi connectivity index (χ2n) is 5.49. The van der Waals surface area contributed by atoms with E-state index in [1.54, 1.807) is 35.2 Å². The predicted molar refractivity (Wildman–Crippen MR) is 96.4 cm³/mol. The van der Waals surface area contributed by atoms with Crippen molar-refractivity contribution in [1.82, 2.24) is 9.55 Å². The maximum atomic E-state index is 13.0. The van der Waals surface area contributed by atoms with Crippen molar-refractivity contribution < 1.29 is 4.74 Å². The number of thioether (sulfide) groups is 2. The van der Waals surface area contributed by atoms with Crippen molar-refractivity contribution in [2.75, 3.05) is 12.9 Å². The first-order chi connectivity index (χ1) is 11.1. The van der Waals surface area contributed by atoms with Gasteiger partial charge in [0.1, 0.15) is 5.75 Å². The Hall–Kier alpha value is -1.40. The summed E-state index contributed by atoms with van der Waals surface area (Å²) < 4.78 is 6.95. The predicted octanol–water partition coefficient (Wildman–Crippen LogP) is 3.78. The Labute approximate surface area is 144 Å². The molecule has 3 rings (SSSR count). The molecule has 1 aromatic heterocycles. The molecule has 4 nitrogen and oxygen atoms in total. The van der Waals surface area contributed by atoms with Crippen LogP contribution < -0.4 is 10.3 Å². The Morgan fingerprint density at radius 2 is 2.13 bits per heavy atom. The number of aromatic nitrogens is 2. The molecule has 0 saturated heterocycles. The molecule has 0 saturated carbocycles. The van der Waals surface area contributed by atoms with Crippen LogP contribution in [0.5, 0.6) is 5.75 Å². The van der Waals surface area contributed by atoms with E-state index in [2.05, 4.69) is 13.8 Å². The highest BCUT2D eigenvalue weighted by molar-refractivity contribution is 8.00. The molecule has 0 spiro atoms. The van der Waals surface area contributed by atoms with Gasteiger partial charge in [0.2, 0.25) is 0 Å². The molecule has 0 radical (unpaired) electrons. The van der Waals surface area contributed by atoms with Gasteiger partial charge in [-0.1, -0.05) is 25.6 Å². The van der Waals surface area contributed by atoms with Gasteiger partial charge in [-0.3, -0.25) is 9.36 Å². The third-order valence-electron chi connectivity index (χ3n) is 3.65. The lowest BCUT2D eigenvalue weighted by molar-refractivity contribution is 0.414. The van der Waals surface area contributed by atoms with Gasteiger partial charge in [0.15, 0.2) is 5.16 Å². The first-order valence-corrected chi connectivity index (χ1v) is 9.60. The van der Waals surface area contributed by atoms with Crippen LogP contribution in [0.25, 0.3) is 5.69 Å². The van der Waals surface area contributed by atoms with Crippen molar-refractivity contribution in [3.05, 3.63) is 40.3 Å². The Kier molecular flexibility index (Phi) is 5.02. The molecule has 0 aliphatic carbocycles. The van der Waals surface area contributed by atoms with Crippen LogP contribution >= 0.6 is 23.5 Å². The van der Waals surface area contributed by atoms with Crippen LogP contribution in [0.3, 0.4) is 0 Å². The zero-order valence-electron chi connectivity index (χ0n) is 13.5. The summed E-state index contributed by atoms with van der Waals surface area (Å²) in [6, 6.07) is 7.57. The third kappa shape index (κ3) is 3.28. The van der Waals surface area contributed by atoms with Crippen LogP contribution in [0.15, 0.2) is 39.1 Å². The maximum Gasteiger partial charge on any atom is 0.272 e. The van der Waals surface area contributed by atoms with Crippen molar-refractivity contribution in [1.29, 1.82) is 0 Å². The Balaban J connectivity index is 2.12. The van der Waals surface area contributed by atoms with Crippen LogP contribution in [0.2, 0.25) is 0 Å². The number of hydrogen-bond donors (Lipinski definition) is 0. The van der Waals surface area contributed by atoms with Gasteiger partial charge in [-0.25, -0.2) is 4.98 Å². The van der Waals surface area contributed by atoms with Gasteiger partial charge in [-0.15, -0.1) is 11.8 Å². The lowest BCUT2D eigenvalue weighted by Crippen LogP contribution is -2.23. The lowest BCUT2D eigenvalue weighted by atomic mass is 10.2. The minimum Gasteiger partial charge on any atom is -0.497 e. The molecule has 1 aliphatic heterocycles. The summed E-state index contributed by atoms with van der Waals surface area (Å²) in [6.45, 7) is 4.27. The van der Waals surface area contributed by atoms with E-state index >= 15 is 0 Å². The van der Waals surface area contributed by atoms with Gasteiger partial charge in [-0.2, -0.15) is 0 Å². The van der Waals surface area contributed by atoms with Crippen molar-refractivity contribution in [2.45, 2.75) is 42.0 Å². The monoisotopic (exact) mass is 348 g/mol. The molecule has 1 unspecified atom stereocenters. The van der Waals surface area contributed by atoms with Crippen molar-refractivity contribution >= 4 is 23.5 Å². The molecule has 122 valence electrons. The van der Waals surface area contributed by atoms with Crippen LogP contribution in [-0.4, -0.2) is 27.7 Å². The highest BCUT2D eigenvalue weighted by Crippen LogP contribution is 2.35. The average molecular weight is 348 g/mol. The quantitative estimate of drug-likeness (QED) is 0.608. The smallest absolute Gasteiger partial charge is 0.272 e. The van der Waals surface area contributed by atoms with Crippen molar-refractivity contribution in [3.63, 3.8) is 0 Å². The number of benzene rings is 1.